The molecule has 1 unspecified atom stereocenters. The van der Waals surface area contributed by atoms with E-state index in [9.17, 15) is 13.2 Å². The van der Waals surface area contributed by atoms with Gasteiger partial charge in [0.15, 0.2) is 0 Å². The normalized spacial score (nSPS) is 16.1. The van der Waals surface area contributed by atoms with Gasteiger partial charge in [-0.2, -0.15) is 8.42 Å². The standard InChI is InChI=1S/C15H22O5S/c1-12(9-16)13(2)15(20-21(3,17)18)11-19-10-14-7-5-4-6-8-14/h4-9,12-13,15H,10-11H2,1-3H3/t12-,13?,15+/m1/s1. The lowest BCUT2D eigenvalue weighted by molar-refractivity contribution is -0.113. The quantitative estimate of drug-likeness (QED) is 0.515. The maximum absolute atomic E-state index is 11.3. The molecule has 0 spiro atoms. The van der Waals surface area contributed by atoms with Crippen LogP contribution in [0.4, 0.5) is 0 Å². The lowest BCUT2D eigenvalue weighted by Crippen LogP contribution is -2.33. The molecule has 0 fully saturated rings. The van der Waals surface area contributed by atoms with Crippen molar-refractivity contribution in [1.82, 2.24) is 0 Å². The molecule has 0 bridgehead atoms. The second-order valence-corrected chi connectivity index (χ2v) is 6.79. The Morgan fingerprint density at radius 3 is 2.33 bits per heavy atom. The van der Waals surface area contributed by atoms with Crippen molar-refractivity contribution in [2.75, 3.05) is 12.9 Å². The minimum atomic E-state index is -3.60. The summed E-state index contributed by atoms with van der Waals surface area (Å²) in [5.74, 6) is -0.565. The van der Waals surface area contributed by atoms with Crippen LogP contribution in [0, 0.1) is 11.8 Å². The lowest BCUT2D eigenvalue weighted by atomic mass is 9.92. The van der Waals surface area contributed by atoms with E-state index in [1.165, 1.54) is 0 Å². The van der Waals surface area contributed by atoms with Gasteiger partial charge in [-0.15, -0.1) is 0 Å². The van der Waals surface area contributed by atoms with E-state index in [4.69, 9.17) is 8.92 Å². The second-order valence-electron chi connectivity index (χ2n) is 5.19. The SMILES string of the molecule is CC([C@H](C)C=O)[C@H](COCc1ccccc1)OS(C)(=O)=O. The van der Waals surface area contributed by atoms with Crippen LogP contribution in [0.25, 0.3) is 0 Å². The Bertz CT molecular complexity index is 526. The van der Waals surface area contributed by atoms with Crippen molar-refractivity contribution in [3.8, 4) is 0 Å². The van der Waals surface area contributed by atoms with Crippen LogP contribution in [0.2, 0.25) is 0 Å². The second kappa shape index (κ2) is 8.26. The molecular formula is C15H22O5S. The summed E-state index contributed by atoms with van der Waals surface area (Å²) in [7, 11) is -3.60. The zero-order valence-electron chi connectivity index (χ0n) is 12.6. The summed E-state index contributed by atoms with van der Waals surface area (Å²) in [4.78, 5) is 10.9. The van der Waals surface area contributed by atoms with Crippen molar-refractivity contribution in [2.45, 2.75) is 26.6 Å². The molecule has 0 saturated carbocycles. The van der Waals surface area contributed by atoms with Crippen molar-refractivity contribution in [3.05, 3.63) is 35.9 Å². The molecule has 6 heteroatoms. The molecule has 5 nitrogen and oxygen atoms in total. The largest absolute Gasteiger partial charge is 0.374 e. The predicted molar refractivity (Wildman–Crippen MR) is 80.2 cm³/mol. The summed E-state index contributed by atoms with van der Waals surface area (Å²) in [5, 5.41) is 0. The molecule has 1 rings (SSSR count). The summed E-state index contributed by atoms with van der Waals surface area (Å²) in [6, 6.07) is 9.56. The van der Waals surface area contributed by atoms with Gasteiger partial charge in [-0.1, -0.05) is 44.2 Å². The van der Waals surface area contributed by atoms with Gasteiger partial charge in [-0.25, -0.2) is 0 Å². The lowest BCUT2D eigenvalue weighted by Gasteiger charge is -2.25. The molecule has 1 aromatic rings. The first-order chi connectivity index (χ1) is 9.83. The maximum atomic E-state index is 11.3. The van der Waals surface area contributed by atoms with Gasteiger partial charge in [0.2, 0.25) is 0 Å². The minimum absolute atomic E-state index is 0.112. The smallest absolute Gasteiger partial charge is 0.264 e. The van der Waals surface area contributed by atoms with E-state index in [0.717, 1.165) is 18.1 Å². The van der Waals surface area contributed by atoms with E-state index in [1.54, 1.807) is 13.8 Å². The molecular weight excluding hydrogens is 292 g/mol. The van der Waals surface area contributed by atoms with Gasteiger partial charge in [0.25, 0.3) is 10.1 Å². The van der Waals surface area contributed by atoms with Crippen LogP contribution in [0.5, 0.6) is 0 Å². The number of rotatable bonds is 9. The van der Waals surface area contributed by atoms with E-state index >= 15 is 0 Å². The van der Waals surface area contributed by atoms with Crippen LogP contribution in [0.15, 0.2) is 30.3 Å². The van der Waals surface area contributed by atoms with Crippen molar-refractivity contribution in [2.24, 2.45) is 11.8 Å². The van der Waals surface area contributed by atoms with Crippen molar-refractivity contribution in [3.63, 3.8) is 0 Å². The molecule has 0 saturated heterocycles. The monoisotopic (exact) mass is 314 g/mol. The molecule has 1 aromatic carbocycles. The molecule has 21 heavy (non-hydrogen) atoms. The molecule has 0 amide bonds. The minimum Gasteiger partial charge on any atom is -0.374 e. The van der Waals surface area contributed by atoms with Gasteiger partial charge in [-0.3, -0.25) is 4.18 Å². The first-order valence-corrected chi connectivity index (χ1v) is 8.60. The molecule has 0 N–H and O–H groups in total. The van der Waals surface area contributed by atoms with Crippen molar-refractivity contribution < 1.29 is 22.1 Å². The van der Waals surface area contributed by atoms with E-state index in [0.29, 0.717) is 6.61 Å². The number of carbonyl (C=O) groups is 1. The molecule has 3 atom stereocenters. The molecule has 0 aliphatic carbocycles. The van der Waals surface area contributed by atoms with Gasteiger partial charge in [0.05, 0.1) is 19.5 Å². The highest BCUT2D eigenvalue weighted by Crippen LogP contribution is 2.19. The number of carbonyl (C=O) groups excluding carboxylic acids is 1. The number of benzene rings is 1. The van der Waals surface area contributed by atoms with E-state index in [1.807, 2.05) is 30.3 Å². The van der Waals surface area contributed by atoms with Gasteiger partial charge in [0.1, 0.15) is 12.4 Å². The van der Waals surface area contributed by atoms with Crippen LogP contribution >= 0.6 is 0 Å². The highest BCUT2D eigenvalue weighted by Gasteiger charge is 2.27. The fraction of sp³-hybridized carbons (Fsp3) is 0.533. The summed E-state index contributed by atoms with van der Waals surface area (Å²) in [6.45, 7) is 3.99. The Hall–Kier alpha value is -1.24. The van der Waals surface area contributed by atoms with Crippen LogP contribution in [-0.2, 0) is 30.4 Å². The number of ether oxygens (including phenoxy) is 1. The third-order valence-electron chi connectivity index (χ3n) is 3.32. The topological polar surface area (TPSA) is 69.7 Å². The summed E-state index contributed by atoms with van der Waals surface area (Å²) >= 11 is 0. The van der Waals surface area contributed by atoms with E-state index in [-0.39, 0.29) is 18.4 Å². The summed E-state index contributed by atoms with van der Waals surface area (Å²) < 4.78 is 33.2. The first kappa shape index (κ1) is 17.8. The predicted octanol–water partition coefficient (Wildman–Crippen LogP) is 2.02. The Kier molecular flexibility index (Phi) is 7.01. The zero-order chi connectivity index (χ0) is 15.9. The van der Waals surface area contributed by atoms with Crippen molar-refractivity contribution in [1.29, 1.82) is 0 Å². The summed E-state index contributed by atoms with van der Waals surface area (Å²) in [6.07, 6.45) is 1.11. The maximum Gasteiger partial charge on any atom is 0.264 e. The molecule has 0 radical (unpaired) electrons. The molecule has 0 aliphatic heterocycles. The van der Waals surface area contributed by atoms with Crippen LogP contribution < -0.4 is 0 Å². The fourth-order valence-corrected chi connectivity index (χ4v) is 2.50. The number of hydrogen-bond donors (Lipinski definition) is 0. The summed E-state index contributed by atoms with van der Waals surface area (Å²) in [5.41, 5.74) is 0.992. The molecule has 0 aliphatic rings. The molecule has 0 aromatic heterocycles. The Balaban J connectivity index is 2.62. The van der Waals surface area contributed by atoms with E-state index in [2.05, 4.69) is 0 Å². The molecule has 118 valence electrons. The highest BCUT2D eigenvalue weighted by molar-refractivity contribution is 7.86. The van der Waals surface area contributed by atoms with Gasteiger partial charge < -0.3 is 9.53 Å². The number of hydrogen-bond acceptors (Lipinski definition) is 5. The van der Waals surface area contributed by atoms with Gasteiger partial charge in [-0.05, 0) is 11.5 Å². The third-order valence-corrected chi connectivity index (χ3v) is 3.92. The Morgan fingerprint density at radius 1 is 1.19 bits per heavy atom. The average molecular weight is 314 g/mol. The number of aldehydes is 1. The highest BCUT2D eigenvalue weighted by atomic mass is 32.2. The van der Waals surface area contributed by atoms with Crippen LogP contribution in [-0.4, -0.2) is 33.7 Å². The Labute approximate surface area is 126 Å². The van der Waals surface area contributed by atoms with Crippen LogP contribution in [0.3, 0.4) is 0 Å². The third kappa shape index (κ3) is 6.84. The first-order valence-electron chi connectivity index (χ1n) is 6.78. The van der Waals surface area contributed by atoms with E-state index < -0.39 is 16.2 Å². The average Bonchev–Trinajstić information content (AvgIpc) is 2.44. The van der Waals surface area contributed by atoms with Crippen molar-refractivity contribution >= 4 is 16.4 Å². The van der Waals surface area contributed by atoms with Gasteiger partial charge in [0, 0.05) is 5.92 Å². The van der Waals surface area contributed by atoms with Crippen LogP contribution in [0.1, 0.15) is 19.4 Å². The Morgan fingerprint density at radius 2 is 1.81 bits per heavy atom. The van der Waals surface area contributed by atoms with Gasteiger partial charge >= 0.3 is 0 Å². The fourth-order valence-electron chi connectivity index (χ4n) is 1.82. The zero-order valence-corrected chi connectivity index (χ0v) is 13.4. The molecule has 0 heterocycles.